The molecular formula is C24H26N2O7. The molecule has 0 aliphatic carbocycles. The average molecular weight is 454 g/mol. The summed E-state index contributed by atoms with van der Waals surface area (Å²) in [6.07, 6.45) is 1.39. The third kappa shape index (κ3) is 5.08. The van der Waals surface area contributed by atoms with Crippen molar-refractivity contribution < 1.29 is 33.3 Å². The summed E-state index contributed by atoms with van der Waals surface area (Å²) >= 11 is 0. The Morgan fingerprint density at radius 2 is 1.52 bits per heavy atom. The Bertz CT molecular complexity index is 1090. The predicted molar refractivity (Wildman–Crippen MR) is 122 cm³/mol. The Labute approximate surface area is 191 Å². The van der Waals surface area contributed by atoms with Crippen LogP contribution < -0.4 is 29.2 Å². The molecule has 1 N–H and O–H groups in total. The zero-order chi connectivity index (χ0) is 24.0. The number of carbonyl (C=O) groups is 3. The van der Waals surface area contributed by atoms with Gasteiger partial charge in [0.05, 0.1) is 32.6 Å². The van der Waals surface area contributed by atoms with Crippen LogP contribution >= 0.6 is 0 Å². The minimum atomic E-state index is -0.874. The molecule has 1 aliphatic rings. The van der Waals surface area contributed by atoms with E-state index in [1.807, 2.05) is 13.8 Å². The second-order valence-electron chi connectivity index (χ2n) is 6.80. The van der Waals surface area contributed by atoms with Gasteiger partial charge in [0.15, 0.2) is 11.5 Å². The molecule has 9 nitrogen and oxygen atoms in total. The van der Waals surface area contributed by atoms with Crippen LogP contribution in [0.4, 0.5) is 10.5 Å². The van der Waals surface area contributed by atoms with Crippen LogP contribution in [0, 0.1) is 0 Å². The number of methoxy groups -OCH3 is 1. The Morgan fingerprint density at radius 1 is 0.848 bits per heavy atom. The number of nitrogens with one attached hydrogen (secondary N) is 1. The Balaban J connectivity index is 2.04. The number of anilines is 1. The van der Waals surface area contributed by atoms with Gasteiger partial charge in [-0.15, -0.1) is 0 Å². The topological polar surface area (TPSA) is 103 Å². The number of benzene rings is 2. The molecule has 0 saturated carbocycles. The molecule has 1 fully saturated rings. The lowest BCUT2D eigenvalue weighted by molar-refractivity contribution is -0.122. The number of nitrogens with zero attached hydrogens (tertiary/aromatic N) is 1. The molecule has 4 amide bonds. The van der Waals surface area contributed by atoms with E-state index >= 15 is 0 Å². The van der Waals surface area contributed by atoms with Crippen molar-refractivity contribution in [1.82, 2.24) is 5.32 Å². The highest BCUT2D eigenvalue weighted by Crippen LogP contribution is 2.35. The van der Waals surface area contributed by atoms with Gasteiger partial charge in [0, 0.05) is 6.07 Å². The van der Waals surface area contributed by atoms with Crippen molar-refractivity contribution in [1.29, 1.82) is 0 Å². The lowest BCUT2D eigenvalue weighted by Gasteiger charge is -2.28. The van der Waals surface area contributed by atoms with Crippen molar-refractivity contribution in [3.63, 3.8) is 0 Å². The molecule has 2 aromatic carbocycles. The summed E-state index contributed by atoms with van der Waals surface area (Å²) in [5.41, 5.74) is 0.481. The summed E-state index contributed by atoms with van der Waals surface area (Å²) in [5.74, 6) is 0.161. The molecular weight excluding hydrogens is 428 g/mol. The van der Waals surface area contributed by atoms with Gasteiger partial charge in [0.2, 0.25) is 0 Å². The van der Waals surface area contributed by atoms with E-state index in [0.29, 0.717) is 48.4 Å². The van der Waals surface area contributed by atoms with Crippen molar-refractivity contribution in [3.05, 3.63) is 47.5 Å². The van der Waals surface area contributed by atoms with Gasteiger partial charge in [-0.05, 0) is 56.7 Å². The van der Waals surface area contributed by atoms with E-state index in [0.717, 1.165) is 4.90 Å². The minimum Gasteiger partial charge on any atom is -0.494 e. The number of hydrogen-bond donors (Lipinski definition) is 1. The SMILES string of the molecule is CCOc1ccc(OCC)c(N2C(=O)NC(=O)/C(=C\c3ccc(OCC)c(OC)c3)C2=O)c1. The molecule has 33 heavy (non-hydrogen) atoms. The zero-order valence-electron chi connectivity index (χ0n) is 19.0. The van der Waals surface area contributed by atoms with Gasteiger partial charge < -0.3 is 18.9 Å². The highest BCUT2D eigenvalue weighted by atomic mass is 16.5. The molecule has 1 saturated heterocycles. The summed E-state index contributed by atoms with van der Waals surface area (Å²) in [6, 6.07) is 8.95. The smallest absolute Gasteiger partial charge is 0.336 e. The van der Waals surface area contributed by atoms with Crippen LogP contribution in [0.5, 0.6) is 23.0 Å². The maximum Gasteiger partial charge on any atom is 0.336 e. The first kappa shape index (κ1) is 23.6. The highest BCUT2D eigenvalue weighted by molar-refractivity contribution is 6.39. The fraction of sp³-hybridized carbons (Fsp3) is 0.292. The molecule has 9 heteroatoms. The van der Waals surface area contributed by atoms with Gasteiger partial charge in [-0.1, -0.05) is 6.07 Å². The first-order valence-corrected chi connectivity index (χ1v) is 10.5. The predicted octanol–water partition coefficient (Wildman–Crippen LogP) is 3.56. The standard InChI is InChI=1S/C24H26N2O7/c1-5-31-16-9-11-19(32-6-2)18(14-16)26-23(28)17(22(27)25-24(26)29)12-15-8-10-20(33-7-3)21(13-15)30-4/h8-14H,5-7H2,1-4H3,(H,25,27,29)/b17-12+. The summed E-state index contributed by atoms with van der Waals surface area (Å²) in [5, 5.41) is 2.22. The van der Waals surface area contributed by atoms with Crippen LogP contribution in [0.15, 0.2) is 42.0 Å². The number of ether oxygens (including phenoxy) is 4. The van der Waals surface area contributed by atoms with Gasteiger partial charge >= 0.3 is 6.03 Å². The Kier molecular flexibility index (Phi) is 7.55. The van der Waals surface area contributed by atoms with Crippen LogP contribution in [-0.4, -0.2) is 44.8 Å². The van der Waals surface area contributed by atoms with Crippen LogP contribution in [-0.2, 0) is 9.59 Å². The molecule has 0 aromatic heterocycles. The first-order valence-electron chi connectivity index (χ1n) is 10.5. The molecule has 0 unspecified atom stereocenters. The summed E-state index contributed by atoms with van der Waals surface area (Å²) in [7, 11) is 1.49. The zero-order valence-corrected chi connectivity index (χ0v) is 19.0. The number of imide groups is 2. The average Bonchev–Trinajstić information content (AvgIpc) is 2.79. The normalized spacial score (nSPS) is 14.8. The number of amides is 4. The number of barbiturate groups is 1. The molecule has 1 heterocycles. The summed E-state index contributed by atoms with van der Waals surface area (Å²) in [4.78, 5) is 39.4. The summed E-state index contributed by atoms with van der Waals surface area (Å²) in [6.45, 7) is 6.63. The molecule has 3 rings (SSSR count). The van der Waals surface area contributed by atoms with E-state index in [-0.39, 0.29) is 11.3 Å². The van der Waals surface area contributed by atoms with Gasteiger partial charge in [-0.2, -0.15) is 0 Å². The second-order valence-corrected chi connectivity index (χ2v) is 6.80. The highest BCUT2D eigenvalue weighted by Gasteiger charge is 2.38. The Morgan fingerprint density at radius 3 is 2.18 bits per heavy atom. The van der Waals surface area contributed by atoms with E-state index in [1.165, 1.54) is 19.3 Å². The second kappa shape index (κ2) is 10.5. The molecule has 0 atom stereocenters. The van der Waals surface area contributed by atoms with Gasteiger partial charge in [-0.3, -0.25) is 14.9 Å². The molecule has 0 spiro atoms. The molecule has 1 aliphatic heterocycles. The fourth-order valence-corrected chi connectivity index (χ4v) is 3.30. The van der Waals surface area contributed by atoms with Crippen molar-refractivity contribution in [2.45, 2.75) is 20.8 Å². The third-order valence-electron chi connectivity index (χ3n) is 4.68. The van der Waals surface area contributed by atoms with Gasteiger partial charge in [0.25, 0.3) is 11.8 Å². The van der Waals surface area contributed by atoms with E-state index in [4.69, 9.17) is 18.9 Å². The number of urea groups is 1. The van der Waals surface area contributed by atoms with E-state index < -0.39 is 17.8 Å². The van der Waals surface area contributed by atoms with E-state index in [1.54, 1.807) is 37.3 Å². The van der Waals surface area contributed by atoms with Crippen molar-refractivity contribution in [3.8, 4) is 23.0 Å². The third-order valence-corrected chi connectivity index (χ3v) is 4.68. The maximum absolute atomic E-state index is 13.3. The van der Waals surface area contributed by atoms with Crippen LogP contribution in [0.25, 0.3) is 6.08 Å². The quantitative estimate of drug-likeness (QED) is 0.456. The monoisotopic (exact) mass is 454 g/mol. The first-order chi connectivity index (χ1) is 15.9. The molecule has 0 bridgehead atoms. The largest absolute Gasteiger partial charge is 0.494 e. The molecule has 174 valence electrons. The van der Waals surface area contributed by atoms with Gasteiger partial charge in [0.1, 0.15) is 17.1 Å². The lowest BCUT2D eigenvalue weighted by Crippen LogP contribution is -2.54. The van der Waals surface area contributed by atoms with E-state index in [9.17, 15) is 14.4 Å². The number of carbonyl (C=O) groups excluding carboxylic acids is 3. The van der Waals surface area contributed by atoms with Crippen LogP contribution in [0.2, 0.25) is 0 Å². The van der Waals surface area contributed by atoms with Crippen LogP contribution in [0.1, 0.15) is 26.3 Å². The van der Waals surface area contributed by atoms with Crippen molar-refractivity contribution in [2.75, 3.05) is 31.8 Å². The van der Waals surface area contributed by atoms with Gasteiger partial charge in [-0.25, -0.2) is 9.69 Å². The van der Waals surface area contributed by atoms with Crippen LogP contribution in [0.3, 0.4) is 0 Å². The Hall–Kier alpha value is -4.01. The summed E-state index contributed by atoms with van der Waals surface area (Å²) < 4.78 is 21.9. The van der Waals surface area contributed by atoms with E-state index in [2.05, 4.69) is 5.32 Å². The minimum absolute atomic E-state index is 0.174. The van der Waals surface area contributed by atoms with Crippen molar-refractivity contribution >= 4 is 29.6 Å². The lowest BCUT2D eigenvalue weighted by atomic mass is 10.1. The number of hydrogen-bond acceptors (Lipinski definition) is 7. The van der Waals surface area contributed by atoms with Crippen molar-refractivity contribution in [2.24, 2.45) is 0 Å². The maximum atomic E-state index is 13.3. The molecule has 2 aromatic rings. The molecule has 0 radical (unpaired) electrons. The fourth-order valence-electron chi connectivity index (χ4n) is 3.30. The number of rotatable bonds is 9.